The number of likely N-dealkylation sites (N-methyl/N-ethyl adjacent to an activating group) is 1. The first-order chi connectivity index (χ1) is 12.2. The van der Waals surface area contributed by atoms with Gasteiger partial charge in [0.25, 0.3) is 0 Å². The number of anilines is 3. The molecule has 2 aliphatic heterocycles. The molecule has 2 N–H and O–H groups in total. The minimum absolute atomic E-state index is 0.756. The summed E-state index contributed by atoms with van der Waals surface area (Å²) in [5.41, 5.74) is 5.71. The normalized spacial score (nSPS) is 17.7. The predicted octanol–water partition coefficient (Wildman–Crippen LogP) is 1.29. The molecular formula is C18H25N7. The van der Waals surface area contributed by atoms with E-state index < -0.39 is 0 Å². The van der Waals surface area contributed by atoms with Crippen LogP contribution in [0.5, 0.6) is 0 Å². The summed E-state index contributed by atoms with van der Waals surface area (Å²) in [6.07, 6.45) is 0. The lowest BCUT2D eigenvalue weighted by Crippen LogP contribution is -2.45. The number of rotatable bonds is 4. The van der Waals surface area contributed by atoms with E-state index in [4.69, 9.17) is 9.97 Å². The number of piperazine rings is 1. The van der Waals surface area contributed by atoms with Crippen molar-refractivity contribution in [1.29, 1.82) is 0 Å². The average molecular weight is 339 g/mol. The number of benzene rings is 1. The lowest BCUT2D eigenvalue weighted by molar-refractivity contribution is 0.311. The summed E-state index contributed by atoms with van der Waals surface area (Å²) < 4.78 is 0. The molecule has 0 amide bonds. The Morgan fingerprint density at radius 1 is 1.04 bits per heavy atom. The molecule has 0 radical (unpaired) electrons. The van der Waals surface area contributed by atoms with Crippen molar-refractivity contribution in [1.82, 2.24) is 20.3 Å². The van der Waals surface area contributed by atoms with Crippen LogP contribution >= 0.6 is 0 Å². The van der Waals surface area contributed by atoms with Gasteiger partial charge in [0.1, 0.15) is 5.82 Å². The van der Waals surface area contributed by atoms with Gasteiger partial charge in [0.2, 0.25) is 5.95 Å². The number of nitrogens with zero attached hydrogens (tertiary/aromatic N) is 5. The third kappa shape index (κ3) is 3.38. The quantitative estimate of drug-likeness (QED) is 0.870. The fraction of sp³-hybridized carbons (Fsp3) is 0.444. The maximum Gasteiger partial charge on any atom is 0.229 e. The Bertz CT molecular complexity index is 726. The highest BCUT2D eigenvalue weighted by Gasteiger charge is 2.25. The Morgan fingerprint density at radius 2 is 1.80 bits per heavy atom. The molecule has 1 fully saturated rings. The second kappa shape index (κ2) is 6.85. The molecule has 25 heavy (non-hydrogen) atoms. The van der Waals surface area contributed by atoms with Gasteiger partial charge in [-0.2, -0.15) is 9.97 Å². The Balaban J connectivity index is 1.60. The summed E-state index contributed by atoms with van der Waals surface area (Å²) in [4.78, 5) is 14.3. The molecule has 0 spiro atoms. The van der Waals surface area contributed by atoms with Crippen LogP contribution in [-0.4, -0.2) is 55.1 Å². The smallest absolute Gasteiger partial charge is 0.229 e. The van der Waals surface area contributed by atoms with Crippen molar-refractivity contribution < 1.29 is 0 Å². The third-order valence-corrected chi connectivity index (χ3v) is 4.87. The van der Waals surface area contributed by atoms with Crippen molar-refractivity contribution in [3.8, 4) is 0 Å². The SMILES string of the molecule is CN1CCN(c2nc(NCc3ccccc3)c3c(n2)N(C)NC3)CC1. The molecule has 7 heteroatoms. The molecule has 3 heterocycles. The highest BCUT2D eigenvalue weighted by atomic mass is 15.5. The second-order valence-corrected chi connectivity index (χ2v) is 6.70. The van der Waals surface area contributed by atoms with E-state index in [9.17, 15) is 0 Å². The van der Waals surface area contributed by atoms with Crippen molar-refractivity contribution in [3.05, 3.63) is 41.5 Å². The zero-order valence-corrected chi connectivity index (χ0v) is 14.9. The van der Waals surface area contributed by atoms with Gasteiger partial charge in [0.15, 0.2) is 5.82 Å². The molecule has 2 aromatic rings. The molecule has 2 aliphatic rings. The number of nitrogens with one attached hydrogen (secondary N) is 2. The lowest BCUT2D eigenvalue weighted by Gasteiger charge is -2.32. The summed E-state index contributed by atoms with van der Waals surface area (Å²) in [6, 6.07) is 10.4. The van der Waals surface area contributed by atoms with Gasteiger partial charge in [-0.3, -0.25) is 5.01 Å². The van der Waals surface area contributed by atoms with Crippen LogP contribution in [0, 0.1) is 0 Å². The van der Waals surface area contributed by atoms with E-state index in [-0.39, 0.29) is 0 Å². The van der Waals surface area contributed by atoms with Crippen molar-refractivity contribution in [2.45, 2.75) is 13.1 Å². The summed E-state index contributed by atoms with van der Waals surface area (Å²) in [6.45, 7) is 5.53. The molecule has 0 atom stereocenters. The van der Waals surface area contributed by atoms with Gasteiger partial charge in [-0.1, -0.05) is 30.3 Å². The number of hydrazine groups is 1. The van der Waals surface area contributed by atoms with Crippen molar-refractivity contribution in [2.75, 3.05) is 55.5 Å². The van der Waals surface area contributed by atoms with Gasteiger partial charge < -0.3 is 15.1 Å². The summed E-state index contributed by atoms with van der Waals surface area (Å²) >= 11 is 0. The molecule has 0 saturated carbocycles. The van der Waals surface area contributed by atoms with Gasteiger partial charge in [-0.15, -0.1) is 0 Å². The van der Waals surface area contributed by atoms with E-state index >= 15 is 0 Å². The zero-order chi connectivity index (χ0) is 17.2. The van der Waals surface area contributed by atoms with E-state index in [2.05, 4.69) is 51.9 Å². The highest BCUT2D eigenvalue weighted by molar-refractivity contribution is 5.64. The van der Waals surface area contributed by atoms with Crippen LogP contribution in [0.1, 0.15) is 11.1 Å². The van der Waals surface area contributed by atoms with E-state index in [1.807, 2.05) is 18.1 Å². The number of fused-ring (bicyclic) bond motifs is 1. The van der Waals surface area contributed by atoms with Gasteiger partial charge >= 0.3 is 0 Å². The molecule has 0 bridgehead atoms. The first-order valence-corrected chi connectivity index (χ1v) is 8.80. The number of hydrogen-bond donors (Lipinski definition) is 2. The minimum atomic E-state index is 0.756. The molecule has 1 aromatic carbocycles. The Labute approximate surface area is 148 Å². The predicted molar refractivity (Wildman–Crippen MR) is 101 cm³/mol. The molecule has 7 nitrogen and oxygen atoms in total. The topological polar surface area (TPSA) is 59.6 Å². The molecule has 1 saturated heterocycles. The van der Waals surface area contributed by atoms with Crippen LogP contribution in [0.4, 0.5) is 17.6 Å². The van der Waals surface area contributed by atoms with Crippen LogP contribution in [-0.2, 0) is 13.1 Å². The largest absolute Gasteiger partial charge is 0.365 e. The average Bonchev–Trinajstić information content (AvgIpc) is 3.02. The van der Waals surface area contributed by atoms with Crippen molar-refractivity contribution in [3.63, 3.8) is 0 Å². The molecule has 0 unspecified atom stereocenters. The van der Waals surface area contributed by atoms with Gasteiger partial charge in [-0.05, 0) is 12.6 Å². The van der Waals surface area contributed by atoms with E-state index in [0.717, 1.165) is 62.4 Å². The highest BCUT2D eigenvalue weighted by Crippen LogP contribution is 2.30. The maximum atomic E-state index is 4.86. The monoisotopic (exact) mass is 339 g/mol. The maximum absolute atomic E-state index is 4.86. The summed E-state index contributed by atoms with van der Waals surface area (Å²) in [5.74, 6) is 2.72. The summed E-state index contributed by atoms with van der Waals surface area (Å²) in [5, 5.41) is 5.51. The third-order valence-electron chi connectivity index (χ3n) is 4.87. The Kier molecular flexibility index (Phi) is 4.42. The van der Waals surface area contributed by atoms with Crippen LogP contribution < -0.4 is 20.7 Å². The molecule has 132 valence electrons. The standard InChI is InChI=1S/C18H25N7/c1-23-8-10-25(11-9-23)18-21-16(15-13-20-24(2)17(15)22-18)19-12-14-6-4-3-5-7-14/h3-7,20H,8-13H2,1-2H3,(H,19,21,22). The number of hydrogen-bond acceptors (Lipinski definition) is 7. The molecule has 0 aliphatic carbocycles. The molecule has 4 rings (SSSR count). The summed E-state index contributed by atoms with van der Waals surface area (Å²) in [7, 11) is 4.17. The first kappa shape index (κ1) is 16.1. The Hall–Kier alpha value is -2.38. The van der Waals surface area contributed by atoms with E-state index in [1.165, 1.54) is 5.56 Å². The van der Waals surface area contributed by atoms with Crippen molar-refractivity contribution >= 4 is 17.6 Å². The first-order valence-electron chi connectivity index (χ1n) is 8.80. The van der Waals surface area contributed by atoms with Crippen LogP contribution in [0.15, 0.2) is 30.3 Å². The van der Waals surface area contributed by atoms with Crippen LogP contribution in [0.2, 0.25) is 0 Å². The Morgan fingerprint density at radius 3 is 2.56 bits per heavy atom. The van der Waals surface area contributed by atoms with Gasteiger partial charge in [0, 0.05) is 46.3 Å². The molecule has 1 aromatic heterocycles. The van der Waals surface area contributed by atoms with Gasteiger partial charge in [-0.25, -0.2) is 5.43 Å². The van der Waals surface area contributed by atoms with Crippen LogP contribution in [0.25, 0.3) is 0 Å². The minimum Gasteiger partial charge on any atom is -0.365 e. The molecular weight excluding hydrogens is 314 g/mol. The number of aromatic nitrogens is 2. The fourth-order valence-corrected chi connectivity index (χ4v) is 3.25. The van der Waals surface area contributed by atoms with Gasteiger partial charge in [0.05, 0.1) is 5.56 Å². The fourth-order valence-electron chi connectivity index (χ4n) is 3.25. The lowest BCUT2D eigenvalue weighted by atomic mass is 10.2. The van der Waals surface area contributed by atoms with Crippen LogP contribution in [0.3, 0.4) is 0 Å². The van der Waals surface area contributed by atoms with E-state index in [1.54, 1.807) is 0 Å². The zero-order valence-electron chi connectivity index (χ0n) is 14.9. The van der Waals surface area contributed by atoms with E-state index in [0.29, 0.717) is 0 Å². The second-order valence-electron chi connectivity index (χ2n) is 6.70. The van der Waals surface area contributed by atoms with Crippen molar-refractivity contribution in [2.24, 2.45) is 0 Å².